The van der Waals surface area contributed by atoms with E-state index in [0.717, 1.165) is 36.5 Å². The molecule has 0 aliphatic carbocycles. The van der Waals surface area contributed by atoms with Crippen LogP contribution in [0.3, 0.4) is 0 Å². The van der Waals surface area contributed by atoms with Gasteiger partial charge in [0.1, 0.15) is 0 Å². The molecule has 154 valence electrons. The van der Waals surface area contributed by atoms with Crippen LogP contribution in [0.5, 0.6) is 11.5 Å². The molecule has 2 aromatic heterocycles. The van der Waals surface area contributed by atoms with Gasteiger partial charge in [-0.05, 0) is 42.7 Å². The zero-order valence-corrected chi connectivity index (χ0v) is 17.6. The van der Waals surface area contributed by atoms with Crippen LogP contribution in [0.15, 0.2) is 42.9 Å². The molecule has 0 radical (unpaired) electrons. The smallest absolute Gasteiger partial charge is 0.160 e. The number of likely N-dealkylation sites (tertiary alicyclic amines) is 1. The lowest BCUT2D eigenvalue weighted by molar-refractivity contribution is 0.252. The summed E-state index contributed by atoms with van der Waals surface area (Å²) < 4.78 is 13.0. The standard InChI is InChI=1S/C23H30N4O2/c1-15(9-16-5-6-22(28-3)23(10-16)29-4)27-13-19(20(24)14-27)18-12-26(2)21-11-25-8-7-17(18)21/h5-8,10-12,15,19-20H,9,13-14,24H2,1-4H3/t15?,19-,20+/m0/s1. The second-order valence-electron chi connectivity index (χ2n) is 8.05. The van der Waals surface area contributed by atoms with Gasteiger partial charge in [0.25, 0.3) is 0 Å². The third-order valence-electron chi connectivity index (χ3n) is 6.22. The van der Waals surface area contributed by atoms with E-state index in [9.17, 15) is 0 Å². The molecule has 0 bridgehead atoms. The van der Waals surface area contributed by atoms with Crippen molar-refractivity contribution in [3.63, 3.8) is 0 Å². The molecule has 1 aromatic carbocycles. The van der Waals surface area contributed by atoms with Crippen molar-refractivity contribution >= 4 is 10.9 Å². The van der Waals surface area contributed by atoms with Crippen molar-refractivity contribution in [3.8, 4) is 11.5 Å². The third kappa shape index (κ3) is 3.70. The number of nitrogens with two attached hydrogens (primary N) is 1. The monoisotopic (exact) mass is 394 g/mol. The van der Waals surface area contributed by atoms with Crippen LogP contribution in [0.2, 0.25) is 0 Å². The number of rotatable bonds is 6. The van der Waals surface area contributed by atoms with Gasteiger partial charge < -0.3 is 19.8 Å². The van der Waals surface area contributed by atoms with Crippen LogP contribution in [0.25, 0.3) is 10.9 Å². The number of ether oxygens (including phenoxy) is 2. The summed E-state index contributed by atoms with van der Waals surface area (Å²) in [5.41, 5.74) is 10.3. The number of nitrogens with zero attached hydrogens (tertiary/aromatic N) is 3. The SMILES string of the molecule is COc1ccc(CC(C)N2C[C@@H](N)[C@H](c3cn(C)c4cnccc34)C2)cc1OC. The first-order valence-corrected chi connectivity index (χ1v) is 10.1. The van der Waals surface area contributed by atoms with Gasteiger partial charge in [-0.2, -0.15) is 0 Å². The van der Waals surface area contributed by atoms with Crippen LogP contribution in [-0.2, 0) is 13.5 Å². The van der Waals surface area contributed by atoms with Gasteiger partial charge in [0.15, 0.2) is 11.5 Å². The fourth-order valence-corrected chi connectivity index (χ4v) is 4.58. The normalized spacial score (nSPS) is 20.9. The Balaban J connectivity index is 1.51. The number of benzene rings is 1. The van der Waals surface area contributed by atoms with Crippen LogP contribution in [0.4, 0.5) is 0 Å². The molecule has 1 aliphatic heterocycles. The van der Waals surface area contributed by atoms with Crippen molar-refractivity contribution in [1.82, 2.24) is 14.5 Å². The summed E-state index contributed by atoms with van der Waals surface area (Å²) in [5.74, 6) is 1.86. The van der Waals surface area contributed by atoms with Gasteiger partial charge in [-0.1, -0.05) is 6.07 Å². The molecule has 0 amide bonds. The average molecular weight is 395 g/mol. The highest BCUT2D eigenvalue weighted by Gasteiger charge is 2.35. The predicted octanol–water partition coefficient (Wildman–Crippen LogP) is 2.95. The minimum atomic E-state index is 0.126. The minimum Gasteiger partial charge on any atom is -0.493 e. The van der Waals surface area contributed by atoms with Crippen LogP contribution >= 0.6 is 0 Å². The van der Waals surface area contributed by atoms with Crippen molar-refractivity contribution in [2.24, 2.45) is 12.8 Å². The quantitative estimate of drug-likeness (QED) is 0.696. The average Bonchev–Trinajstić information content (AvgIpc) is 3.28. The number of fused-ring (bicyclic) bond motifs is 1. The van der Waals surface area contributed by atoms with Crippen LogP contribution < -0.4 is 15.2 Å². The van der Waals surface area contributed by atoms with Crippen LogP contribution in [0.1, 0.15) is 24.0 Å². The summed E-state index contributed by atoms with van der Waals surface area (Å²) in [5, 5.41) is 1.26. The summed E-state index contributed by atoms with van der Waals surface area (Å²) >= 11 is 0. The molecule has 3 heterocycles. The topological polar surface area (TPSA) is 65.5 Å². The summed E-state index contributed by atoms with van der Waals surface area (Å²) in [6, 6.07) is 8.78. The number of pyridine rings is 1. The lowest BCUT2D eigenvalue weighted by Gasteiger charge is -2.24. The maximum absolute atomic E-state index is 6.61. The molecule has 3 aromatic rings. The molecule has 1 saturated heterocycles. The molecule has 4 rings (SSSR count). The van der Waals surface area contributed by atoms with E-state index in [0.29, 0.717) is 12.0 Å². The van der Waals surface area contributed by atoms with Gasteiger partial charge in [-0.25, -0.2) is 0 Å². The van der Waals surface area contributed by atoms with Gasteiger partial charge in [0.2, 0.25) is 0 Å². The Morgan fingerprint density at radius 2 is 1.97 bits per heavy atom. The maximum Gasteiger partial charge on any atom is 0.160 e. The highest BCUT2D eigenvalue weighted by atomic mass is 16.5. The highest BCUT2D eigenvalue weighted by molar-refractivity contribution is 5.83. The predicted molar refractivity (Wildman–Crippen MR) is 116 cm³/mol. The van der Waals surface area contributed by atoms with E-state index in [1.807, 2.05) is 18.5 Å². The van der Waals surface area contributed by atoms with Crippen LogP contribution in [0, 0.1) is 0 Å². The van der Waals surface area contributed by atoms with Gasteiger partial charge in [0, 0.05) is 55.9 Å². The molecule has 2 N–H and O–H groups in total. The van der Waals surface area contributed by atoms with Crippen molar-refractivity contribution in [1.29, 1.82) is 0 Å². The van der Waals surface area contributed by atoms with Gasteiger partial charge in [-0.3, -0.25) is 9.88 Å². The fourth-order valence-electron chi connectivity index (χ4n) is 4.58. The first-order chi connectivity index (χ1) is 14.0. The Bertz CT molecular complexity index is 1000. The van der Waals surface area contributed by atoms with E-state index < -0.39 is 0 Å². The lowest BCUT2D eigenvalue weighted by Crippen LogP contribution is -2.35. The molecule has 3 atom stereocenters. The van der Waals surface area contributed by atoms with Crippen LogP contribution in [-0.4, -0.2) is 53.8 Å². The van der Waals surface area contributed by atoms with Crippen molar-refractivity contribution in [2.75, 3.05) is 27.3 Å². The first kappa shape index (κ1) is 19.7. The van der Waals surface area contributed by atoms with E-state index >= 15 is 0 Å². The number of methoxy groups -OCH3 is 2. The second kappa shape index (κ2) is 8.05. The largest absolute Gasteiger partial charge is 0.493 e. The Labute approximate surface area is 172 Å². The number of hydrogen-bond acceptors (Lipinski definition) is 5. The number of aryl methyl sites for hydroxylation is 1. The van der Waals surface area contributed by atoms with Gasteiger partial charge >= 0.3 is 0 Å². The molecule has 1 fully saturated rings. The summed E-state index contributed by atoms with van der Waals surface area (Å²) in [7, 11) is 5.41. The molecular formula is C23H30N4O2. The molecule has 0 spiro atoms. The molecule has 29 heavy (non-hydrogen) atoms. The third-order valence-corrected chi connectivity index (χ3v) is 6.22. The molecule has 6 heteroatoms. The number of hydrogen-bond donors (Lipinski definition) is 1. The zero-order valence-electron chi connectivity index (χ0n) is 17.6. The summed E-state index contributed by atoms with van der Waals surface area (Å²) in [6.07, 6.45) is 6.96. The number of aromatic nitrogens is 2. The Hall–Kier alpha value is -2.57. The van der Waals surface area contributed by atoms with E-state index in [1.54, 1.807) is 14.2 Å². The van der Waals surface area contributed by atoms with E-state index in [-0.39, 0.29) is 6.04 Å². The molecule has 6 nitrogen and oxygen atoms in total. The van der Waals surface area contributed by atoms with Gasteiger partial charge in [-0.15, -0.1) is 0 Å². The maximum atomic E-state index is 6.61. The van der Waals surface area contributed by atoms with Gasteiger partial charge in [0.05, 0.1) is 25.9 Å². The first-order valence-electron chi connectivity index (χ1n) is 10.1. The molecular weight excluding hydrogens is 364 g/mol. The summed E-state index contributed by atoms with van der Waals surface area (Å²) in [6.45, 7) is 4.15. The fraction of sp³-hybridized carbons (Fsp3) is 0.435. The van der Waals surface area contributed by atoms with Crippen molar-refractivity contribution < 1.29 is 9.47 Å². The Morgan fingerprint density at radius 1 is 1.17 bits per heavy atom. The zero-order chi connectivity index (χ0) is 20.5. The molecule has 0 saturated carbocycles. The Kier molecular flexibility index (Phi) is 5.48. The van der Waals surface area contributed by atoms with E-state index in [1.165, 1.54) is 16.5 Å². The molecule has 1 unspecified atom stereocenters. The lowest BCUT2D eigenvalue weighted by atomic mass is 9.95. The second-order valence-corrected chi connectivity index (χ2v) is 8.05. The highest BCUT2D eigenvalue weighted by Crippen LogP contribution is 2.34. The minimum absolute atomic E-state index is 0.126. The van der Waals surface area contributed by atoms with E-state index in [2.05, 4.69) is 52.8 Å². The van der Waals surface area contributed by atoms with Crippen molar-refractivity contribution in [2.45, 2.75) is 31.3 Å². The van der Waals surface area contributed by atoms with Crippen molar-refractivity contribution in [3.05, 3.63) is 54.0 Å². The molecule has 1 aliphatic rings. The van der Waals surface area contributed by atoms with E-state index in [4.69, 9.17) is 15.2 Å². The Morgan fingerprint density at radius 3 is 2.72 bits per heavy atom. The summed E-state index contributed by atoms with van der Waals surface area (Å²) in [4.78, 5) is 6.77.